The lowest BCUT2D eigenvalue weighted by molar-refractivity contribution is -0.136. The maximum absolute atomic E-state index is 13.5. The van der Waals surface area contributed by atoms with Crippen LogP contribution in [0.2, 0.25) is 0 Å². The average molecular weight is 354 g/mol. The van der Waals surface area contributed by atoms with E-state index in [1.807, 2.05) is 6.92 Å². The molecular weight excluding hydrogens is 335 g/mol. The van der Waals surface area contributed by atoms with Gasteiger partial charge in [0.1, 0.15) is 17.3 Å². The second kappa shape index (κ2) is 7.39. The maximum atomic E-state index is 13.5. The molecule has 0 unspecified atom stereocenters. The van der Waals surface area contributed by atoms with Crippen molar-refractivity contribution in [1.82, 2.24) is 4.90 Å². The van der Waals surface area contributed by atoms with Gasteiger partial charge in [0, 0.05) is 12.2 Å². The molecule has 0 fully saturated rings. The Morgan fingerprint density at radius 2 is 1.81 bits per heavy atom. The molecule has 2 aromatic carbocycles. The molecule has 26 heavy (non-hydrogen) atoms. The summed E-state index contributed by atoms with van der Waals surface area (Å²) in [4.78, 5) is 26.8. The number of nitrogens with one attached hydrogen (secondary N) is 1. The van der Waals surface area contributed by atoms with Crippen LogP contribution >= 0.6 is 0 Å². The van der Waals surface area contributed by atoms with Gasteiger partial charge in [-0.05, 0) is 42.3 Å². The van der Waals surface area contributed by atoms with Crippen LogP contribution in [0.1, 0.15) is 18.9 Å². The lowest BCUT2D eigenvalue weighted by Gasteiger charge is -2.13. The van der Waals surface area contributed by atoms with Crippen LogP contribution in [0.3, 0.4) is 0 Å². The van der Waals surface area contributed by atoms with E-state index < -0.39 is 11.7 Å². The van der Waals surface area contributed by atoms with E-state index in [-0.39, 0.29) is 17.2 Å². The zero-order valence-corrected chi connectivity index (χ0v) is 14.6. The summed E-state index contributed by atoms with van der Waals surface area (Å²) in [7, 11) is 1.55. The molecule has 1 heterocycles. The summed E-state index contributed by atoms with van der Waals surface area (Å²) in [6.45, 7) is 2.22. The number of halogens is 1. The molecule has 0 aromatic heterocycles. The van der Waals surface area contributed by atoms with Crippen LogP contribution in [0.25, 0.3) is 5.57 Å². The van der Waals surface area contributed by atoms with Gasteiger partial charge < -0.3 is 10.1 Å². The maximum Gasteiger partial charge on any atom is 0.278 e. The molecule has 5 nitrogen and oxygen atoms in total. The zero-order chi connectivity index (χ0) is 18.7. The summed E-state index contributed by atoms with van der Waals surface area (Å²) in [5.41, 5.74) is 1.43. The summed E-state index contributed by atoms with van der Waals surface area (Å²) >= 11 is 0. The number of methoxy groups -OCH3 is 1. The number of anilines is 1. The molecule has 1 N–H and O–H groups in total. The molecule has 3 rings (SSSR count). The van der Waals surface area contributed by atoms with Crippen LogP contribution in [0.4, 0.5) is 10.1 Å². The van der Waals surface area contributed by atoms with Gasteiger partial charge in [0.25, 0.3) is 11.8 Å². The van der Waals surface area contributed by atoms with Gasteiger partial charge in [-0.15, -0.1) is 0 Å². The van der Waals surface area contributed by atoms with Crippen molar-refractivity contribution in [2.75, 3.05) is 19.0 Å². The molecule has 2 amide bonds. The Bertz CT molecular complexity index is 875. The molecule has 6 heteroatoms. The molecule has 1 aliphatic heterocycles. The van der Waals surface area contributed by atoms with Crippen LogP contribution in [0.5, 0.6) is 5.75 Å². The van der Waals surface area contributed by atoms with Gasteiger partial charge in [-0.2, -0.15) is 0 Å². The van der Waals surface area contributed by atoms with Crippen LogP contribution in [0, 0.1) is 5.82 Å². The van der Waals surface area contributed by atoms with Gasteiger partial charge in [-0.3, -0.25) is 14.5 Å². The monoisotopic (exact) mass is 354 g/mol. The Balaban J connectivity index is 2.05. The number of imide groups is 1. The van der Waals surface area contributed by atoms with Crippen molar-refractivity contribution in [3.63, 3.8) is 0 Å². The number of rotatable bonds is 6. The van der Waals surface area contributed by atoms with E-state index in [2.05, 4.69) is 5.32 Å². The number of carbonyl (C=O) groups excluding carboxylic acids is 2. The Morgan fingerprint density at radius 3 is 2.42 bits per heavy atom. The molecule has 0 aliphatic carbocycles. The number of ether oxygens (including phenoxy) is 1. The molecule has 0 atom stereocenters. The van der Waals surface area contributed by atoms with Gasteiger partial charge in [-0.25, -0.2) is 4.39 Å². The van der Waals surface area contributed by atoms with Crippen molar-refractivity contribution in [2.24, 2.45) is 0 Å². The van der Waals surface area contributed by atoms with Crippen LogP contribution in [-0.2, 0) is 9.59 Å². The summed E-state index contributed by atoms with van der Waals surface area (Å²) in [5.74, 6) is -0.548. The fourth-order valence-corrected chi connectivity index (χ4v) is 2.85. The van der Waals surface area contributed by atoms with Gasteiger partial charge >= 0.3 is 0 Å². The topological polar surface area (TPSA) is 58.6 Å². The summed E-state index contributed by atoms with van der Waals surface area (Å²) in [6.07, 6.45) is 0.653. The highest BCUT2D eigenvalue weighted by Crippen LogP contribution is 2.31. The van der Waals surface area contributed by atoms with Crippen molar-refractivity contribution < 1.29 is 18.7 Å². The Hall–Kier alpha value is -3.15. The fraction of sp³-hybridized carbons (Fsp3) is 0.200. The van der Waals surface area contributed by atoms with Crippen molar-refractivity contribution in [1.29, 1.82) is 0 Å². The lowest BCUT2D eigenvalue weighted by Crippen LogP contribution is -2.33. The Kier molecular flexibility index (Phi) is 5.02. The average Bonchev–Trinajstić information content (AvgIpc) is 2.87. The number of amides is 2. The van der Waals surface area contributed by atoms with E-state index in [4.69, 9.17) is 4.74 Å². The minimum Gasteiger partial charge on any atom is -0.497 e. The number of hydrogen-bond acceptors (Lipinski definition) is 4. The van der Waals surface area contributed by atoms with Crippen LogP contribution < -0.4 is 10.1 Å². The predicted molar refractivity (Wildman–Crippen MR) is 96.9 cm³/mol. The smallest absolute Gasteiger partial charge is 0.278 e. The Morgan fingerprint density at radius 1 is 1.08 bits per heavy atom. The first-order valence-electron chi connectivity index (χ1n) is 8.32. The predicted octanol–water partition coefficient (Wildman–Crippen LogP) is 3.44. The van der Waals surface area contributed by atoms with E-state index in [1.165, 1.54) is 23.1 Å². The number of hydrogen-bond donors (Lipinski definition) is 1. The molecule has 0 saturated heterocycles. The number of carbonyl (C=O) groups is 2. The second-order valence-electron chi connectivity index (χ2n) is 5.88. The third kappa shape index (κ3) is 3.31. The first-order chi connectivity index (χ1) is 12.5. The van der Waals surface area contributed by atoms with Gasteiger partial charge in [-0.1, -0.05) is 25.1 Å². The third-order valence-corrected chi connectivity index (χ3v) is 4.09. The quantitative estimate of drug-likeness (QED) is 0.808. The highest BCUT2D eigenvalue weighted by atomic mass is 19.1. The molecule has 0 saturated carbocycles. The van der Waals surface area contributed by atoms with Gasteiger partial charge in [0.05, 0.1) is 12.7 Å². The molecule has 0 bridgehead atoms. The molecule has 0 spiro atoms. The van der Waals surface area contributed by atoms with Crippen molar-refractivity contribution in [3.05, 3.63) is 65.6 Å². The van der Waals surface area contributed by atoms with E-state index in [0.29, 0.717) is 30.0 Å². The molecule has 2 aromatic rings. The molecule has 134 valence electrons. The standard InChI is InChI=1S/C20H19FN2O3/c1-3-11-23-19(24)17(13-7-9-16(26-2)10-8-13)18(20(23)25)22-15-6-4-5-14(21)12-15/h4-10,12,22H,3,11H2,1-2H3. The SMILES string of the molecule is CCCN1C(=O)C(Nc2cccc(F)c2)=C(c2ccc(OC)cc2)C1=O. The van der Waals surface area contributed by atoms with Crippen molar-refractivity contribution >= 4 is 23.1 Å². The first kappa shape index (κ1) is 17.7. The zero-order valence-electron chi connectivity index (χ0n) is 14.6. The molecule has 1 aliphatic rings. The Labute approximate surface area is 151 Å². The highest BCUT2D eigenvalue weighted by molar-refractivity contribution is 6.36. The summed E-state index contributed by atoms with van der Waals surface area (Å²) < 4.78 is 18.6. The molecular formula is C20H19FN2O3. The van der Waals surface area contributed by atoms with Crippen LogP contribution in [0.15, 0.2) is 54.2 Å². The fourth-order valence-electron chi connectivity index (χ4n) is 2.85. The minimum absolute atomic E-state index is 0.152. The van der Waals surface area contributed by atoms with E-state index >= 15 is 0 Å². The summed E-state index contributed by atoms with van der Waals surface area (Å²) in [6, 6.07) is 12.7. The second-order valence-corrected chi connectivity index (χ2v) is 5.88. The minimum atomic E-state index is -0.427. The van der Waals surface area contributed by atoms with E-state index in [0.717, 1.165) is 0 Å². The lowest BCUT2D eigenvalue weighted by atomic mass is 10.0. The van der Waals surface area contributed by atoms with E-state index in [9.17, 15) is 14.0 Å². The van der Waals surface area contributed by atoms with Crippen molar-refractivity contribution in [2.45, 2.75) is 13.3 Å². The summed E-state index contributed by atoms with van der Waals surface area (Å²) in [5, 5.41) is 2.92. The number of nitrogens with zero attached hydrogens (tertiary/aromatic N) is 1. The highest BCUT2D eigenvalue weighted by Gasteiger charge is 2.38. The van der Waals surface area contributed by atoms with Gasteiger partial charge in [0.15, 0.2) is 0 Å². The first-order valence-corrected chi connectivity index (χ1v) is 8.32. The normalized spacial score (nSPS) is 14.2. The largest absolute Gasteiger partial charge is 0.497 e. The molecule has 0 radical (unpaired) electrons. The van der Waals surface area contributed by atoms with Crippen LogP contribution in [-0.4, -0.2) is 30.4 Å². The van der Waals surface area contributed by atoms with E-state index in [1.54, 1.807) is 37.4 Å². The van der Waals surface area contributed by atoms with Crippen molar-refractivity contribution in [3.8, 4) is 5.75 Å². The number of benzene rings is 2. The van der Waals surface area contributed by atoms with Gasteiger partial charge in [0.2, 0.25) is 0 Å². The third-order valence-electron chi connectivity index (χ3n) is 4.09.